The molecule has 0 spiro atoms. The Bertz CT molecular complexity index is 1550. The van der Waals surface area contributed by atoms with Crippen molar-refractivity contribution in [1.29, 1.82) is 0 Å². The first kappa shape index (κ1) is 35.7. The second kappa shape index (κ2) is 16.6. The Morgan fingerprint density at radius 3 is 1.79 bits per heavy atom. The minimum absolute atomic E-state index is 0.0918. The summed E-state index contributed by atoms with van der Waals surface area (Å²) in [5.74, 6) is -1.81. The zero-order chi connectivity index (χ0) is 34.1. The van der Waals surface area contributed by atoms with Crippen LogP contribution in [0.1, 0.15) is 46.5 Å². The Balaban J connectivity index is 1.51. The molecule has 4 rings (SSSR count). The van der Waals surface area contributed by atoms with Crippen molar-refractivity contribution in [3.05, 3.63) is 76.1 Å². The molecule has 3 aromatic rings. The van der Waals surface area contributed by atoms with Crippen LogP contribution >= 0.6 is 0 Å². The highest BCUT2D eigenvalue weighted by Gasteiger charge is 2.21. The summed E-state index contributed by atoms with van der Waals surface area (Å²) in [6.45, 7) is 5.69. The standard InChI is InChI=1S/C34H45N5O8/c1-21-12-23(31(44)27(14-21)36-33(46)29(42)19-40)16-38-9-3-4-10-39(18-26-7-5-6-25(35-26)8-11-38)17-24-13-22(2)15-28(32(24)45)37-34(47)30(43)20-41/h5-7,12-15,29-30,40-45H,3-4,8-11,16-20H2,1-2H3,(H,36,46)(H,37,47). The van der Waals surface area contributed by atoms with Crippen LogP contribution in [0.4, 0.5) is 11.4 Å². The van der Waals surface area contributed by atoms with E-state index in [2.05, 4.69) is 20.4 Å². The van der Waals surface area contributed by atoms with Gasteiger partial charge in [0.1, 0.15) is 11.5 Å². The van der Waals surface area contributed by atoms with E-state index in [1.54, 1.807) is 12.1 Å². The Hall–Kier alpha value is -4.11. The summed E-state index contributed by atoms with van der Waals surface area (Å²) in [5, 5.41) is 64.6. The quantitative estimate of drug-likeness (QED) is 0.148. The number of aliphatic hydroxyl groups is 4. The number of rotatable bonds is 10. The summed E-state index contributed by atoms with van der Waals surface area (Å²) in [7, 11) is 0. The number of aromatic nitrogens is 1. The number of nitrogens with zero attached hydrogens (tertiary/aromatic N) is 3. The average Bonchev–Trinajstić information content (AvgIpc) is 3.04. The summed E-state index contributed by atoms with van der Waals surface area (Å²) in [5.41, 5.74) is 4.98. The zero-order valence-electron chi connectivity index (χ0n) is 26.8. The molecule has 2 bridgehead atoms. The number of hydrogen-bond acceptors (Lipinski definition) is 11. The highest BCUT2D eigenvalue weighted by molar-refractivity contribution is 5.96. The monoisotopic (exact) mass is 651 g/mol. The third-order valence-corrected chi connectivity index (χ3v) is 8.05. The first-order valence-electron chi connectivity index (χ1n) is 15.7. The van der Waals surface area contributed by atoms with E-state index in [4.69, 9.17) is 15.2 Å². The van der Waals surface area contributed by atoms with Crippen LogP contribution in [-0.4, -0.2) is 102 Å². The van der Waals surface area contributed by atoms with Gasteiger partial charge < -0.3 is 41.3 Å². The number of aryl methyl sites for hydroxylation is 2. The summed E-state index contributed by atoms with van der Waals surface area (Å²) >= 11 is 0. The van der Waals surface area contributed by atoms with Crippen molar-refractivity contribution in [3.63, 3.8) is 0 Å². The van der Waals surface area contributed by atoms with Crippen LogP contribution in [0.3, 0.4) is 0 Å². The first-order chi connectivity index (χ1) is 22.5. The number of anilines is 2. The van der Waals surface area contributed by atoms with Crippen LogP contribution in [0.2, 0.25) is 0 Å². The highest BCUT2D eigenvalue weighted by Crippen LogP contribution is 2.32. The van der Waals surface area contributed by atoms with Crippen molar-refractivity contribution in [2.45, 2.75) is 65.0 Å². The van der Waals surface area contributed by atoms with E-state index in [1.807, 2.05) is 44.2 Å². The van der Waals surface area contributed by atoms with E-state index in [0.717, 1.165) is 41.9 Å². The summed E-state index contributed by atoms with van der Waals surface area (Å²) in [6, 6.07) is 12.8. The molecule has 0 saturated carbocycles. The molecule has 2 aromatic carbocycles. The molecule has 2 heterocycles. The molecule has 1 aliphatic rings. The average molecular weight is 652 g/mol. The highest BCUT2D eigenvalue weighted by atomic mass is 16.3. The number of hydrogen-bond donors (Lipinski definition) is 8. The van der Waals surface area contributed by atoms with Crippen LogP contribution in [0.5, 0.6) is 11.5 Å². The van der Waals surface area contributed by atoms with Gasteiger partial charge in [0.25, 0.3) is 11.8 Å². The smallest absolute Gasteiger partial charge is 0.255 e. The van der Waals surface area contributed by atoms with Gasteiger partial charge in [-0.25, -0.2) is 0 Å². The van der Waals surface area contributed by atoms with Gasteiger partial charge in [-0.3, -0.25) is 24.4 Å². The lowest BCUT2D eigenvalue weighted by atomic mass is 10.1. The molecule has 0 radical (unpaired) electrons. The molecule has 2 amide bonds. The van der Waals surface area contributed by atoms with E-state index in [9.17, 15) is 30.0 Å². The van der Waals surface area contributed by atoms with E-state index in [0.29, 0.717) is 50.3 Å². The predicted octanol–water partition coefficient (Wildman–Crippen LogP) is 1.53. The number of aromatic hydroxyl groups is 2. The number of fused-ring (bicyclic) bond motifs is 2. The van der Waals surface area contributed by atoms with Crippen molar-refractivity contribution in [3.8, 4) is 11.5 Å². The molecule has 0 saturated heterocycles. The third kappa shape index (κ3) is 9.94. The van der Waals surface area contributed by atoms with Gasteiger partial charge in [-0.15, -0.1) is 0 Å². The zero-order valence-corrected chi connectivity index (χ0v) is 26.8. The summed E-state index contributed by atoms with van der Waals surface area (Å²) < 4.78 is 0. The largest absolute Gasteiger partial charge is 0.505 e. The van der Waals surface area contributed by atoms with Gasteiger partial charge in [-0.1, -0.05) is 18.2 Å². The van der Waals surface area contributed by atoms with E-state index in [-0.39, 0.29) is 22.9 Å². The fraction of sp³-hybridized carbons (Fsp3) is 0.441. The number of nitrogens with one attached hydrogen (secondary N) is 2. The normalized spacial score (nSPS) is 16.0. The summed E-state index contributed by atoms with van der Waals surface area (Å²) in [6.07, 6.45) is -0.852. The minimum atomic E-state index is -1.60. The van der Waals surface area contributed by atoms with Crippen molar-refractivity contribution in [2.75, 3.05) is 43.5 Å². The number of benzene rings is 2. The van der Waals surface area contributed by atoms with Crippen molar-refractivity contribution < 1.29 is 40.2 Å². The number of pyridine rings is 1. The maximum absolute atomic E-state index is 12.2. The Morgan fingerprint density at radius 1 is 0.766 bits per heavy atom. The lowest BCUT2D eigenvalue weighted by molar-refractivity contribution is -0.126. The number of carbonyl (C=O) groups excluding carboxylic acids is 2. The Morgan fingerprint density at radius 2 is 1.26 bits per heavy atom. The lowest BCUT2D eigenvalue weighted by Gasteiger charge is -2.27. The topological polar surface area (TPSA) is 199 Å². The number of amides is 2. The minimum Gasteiger partial charge on any atom is -0.505 e. The molecule has 13 nitrogen and oxygen atoms in total. The maximum Gasteiger partial charge on any atom is 0.255 e. The van der Waals surface area contributed by atoms with Gasteiger partial charge >= 0.3 is 0 Å². The van der Waals surface area contributed by atoms with Crippen molar-refractivity contribution in [1.82, 2.24) is 14.8 Å². The molecule has 254 valence electrons. The predicted molar refractivity (Wildman–Crippen MR) is 176 cm³/mol. The van der Waals surface area contributed by atoms with Crippen LogP contribution in [-0.2, 0) is 35.6 Å². The van der Waals surface area contributed by atoms with E-state index < -0.39 is 37.2 Å². The van der Waals surface area contributed by atoms with E-state index >= 15 is 0 Å². The van der Waals surface area contributed by atoms with Gasteiger partial charge in [-0.2, -0.15) is 0 Å². The fourth-order valence-corrected chi connectivity index (χ4v) is 5.63. The number of carbonyl (C=O) groups is 2. The molecule has 2 unspecified atom stereocenters. The van der Waals surface area contributed by atoms with Crippen LogP contribution in [0.15, 0.2) is 42.5 Å². The Kier molecular flexibility index (Phi) is 12.6. The molecular formula is C34H45N5O8. The second-order valence-corrected chi connectivity index (χ2v) is 12.1. The maximum atomic E-state index is 12.2. The van der Waals surface area contributed by atoms with Crippen LogP contribution in [0, 0.1) is 13.8 Å². The second-order valence-electron chi connectivity index (χ2n) is 12.1. The number of phenolic OH excluding ortho intramolecular Hbond substituents is 2. The van der Waals surface area contributed by atoms with Crippen molar-refractivity contribution >= 4 is 23.2 Å². The molecule has 1 aromatic heterocycles. The van der Waals surface area contributed by atoms with Gasteiger partial charge in [0.15, 0.2) is 12.2 Å². The van der Waals surface area contributed by atoms with Gasteiger partial charge in [-0.05, 0) is 75.2 Å². The molecule has 2 atom stereocenters. The molecule has 0 aliphatic carbocycles. The van der Waals surface area contributed by atoms with Gasteiger partial charge in [0.05, 0.1) is 30.3 Å². The summed E-state index contributed by atoms with van der Waals surface area (Å²) in [4.78, 5) is 33.7. The van der Waals surface area contributed by atoms with Crippen LogP contribution < -0.4 is 10.6 Å². The molecular weight excluding hydrogens is 606 g/mol. The molecule has 8 N–H and O–H groups in total. The van der Waals surface area contributed by atoms with E-state index in [1.165, 1.54) is 0 Å². The Labute approximate surface area is 274 Å². The number of phenols is 2. The van der Waals surface area contributed by atoms with Gasteiger partial charge in [0, 0.05) is 49.4 Å². The van der Waals surface area contributed by atoms with Gasteiger partial charge in [0.2, 0.25) is 0 Å². The van der Waals surface area contributed by atoms with Crippen molar-refractivity contribution in [2.24, 2.45) is 0 Å². The third-order valence-electron chi connectivity index (χ3n) is 8.05. The SMILES string of the molecule is Cc1cc(CN2CCCCN(Cc3cc(C)cc(NC(=O)C(O)CO)c3O)Cc3cccc(n3)CC2)c(O)c(NC(=O)C(O)CO)c1. The molecule has 0 fully saturated rings. The molecule has 47 heavy (non-hydrogen) atoms. The molecule has 1 aliphatic heterocycles. The fourth-order valence-electron chi connectivity index (χ4n) is 5.63. The lowest BCUT2D eigenvalue weighted by Crippen LogP contribution is -2.31. The first-order valence-corrected chi connectivity index (χ1v) is 15.7. The molecule has 13 heteroatoms. The number of aliphatic hydroxyl groups excluding tert-OH is 4. The van der Waals surface area contributed by atoms with Crippen LogP contribution in [0.25, 0.3) is 0 Å².